The van der Waals surface area contributed by atoms with Gasteiger partial charge in [-0.05, 0) is 60.7 Å². The molecule has 0 radical (unpaired) electrons. The van der Waals surface area contributed by atoms with Gasteiger partial charge in [0.25, 0.3) is 5.91 Å². The van der Waals surface area contributed by atoms with Crippen molar-refractivity contribution in [3.8, 4) is 16.9 Å². The minimum atomic E-state index is -0.00984. The molecule has 0 unspecified atom stereocenters. The van der Waals surface area contributed by atoms with Crippen LogP contribution >= 0.6 is 0 Å². The maximum atomic E-state index is 12.7. The first-order valence-corrected chi connectivity index (χ1v) is 9.93. The Hall–Kier alpha value is -2.37. The van der Waals surface area contributed by atoms with E-state index in [9.17, 15) is 4.79 Å². The van der Waals surface area contributed by atoms with Gasteiger partial charge in [-0.2, -0.15) is 0 Å². The van der Waals surface area contributed by atoms with E-state index in [0.29, 0.717) is 11.5 Å². The van der Waals surface area contributed by atoms with Crippen molar-refractivity contribution in [2.45, 2.75) is 12.8 Å². The fourth-order valence-electron chi connectivity index (χ4n) is 3.70. The lowest BCUT2D eigenvalue weighted by Crippen LogP contribution is -2.42. The molecule has 1 heterocycles. The van der Waals surface area contributed by atoms with Crippen LogP contribution in [0.5, 0.6) is 5.75 Å². The topological polar surface area (TPSA) is 50.8 Å². The molecule has 1 aliphatic rings. The second-order valence-electron chi connectivity index (χ2n) is 7.32. The number of hydrogen-bond donors (Lipinski definition) is 1. The zero-order chi connectivity index (χ0) is 19.8. The first kappa shape index (κ1) is 20.4. The highest BCUT2D eigenvalue weighted by atomic mass is 16.5. The van der Waals surface area contributed by atoms with Gasteiger partial charge in [0.15, 0.2) is 0 Å². The number of piperidine rings is 1. The van der Waals surface area contributed by atoms with E-state index in [4.69, 9.17) is 9.47 Å². The molecule has 3 rings (SSSR count). The van der Waals surface area contributed by atoms with Crippen LogP contribution in [0.2, 0.25) is 0 Å². The zero-order valence-corrected chi connectivity index (χ0v) is 16.8. The van der Waals surface area contributed by atoms with Gasteiger partial charge in [-0.15, -0.1) is 0 Å². The van der Waals surface area contributed by atoms with E-state index in [0.717, 1.165) is 56.1 Å². The summed E-state index contributed by atoms with van der Waals surface area (Å²) < 4.78 is 10.4. The van der Waals surface area contributed by atoms with Crippen molar-refractivity contribution < 1.29 is 14.3 Å². The van der Waals surface area contributed by atoms with Gasteiger partial charge in [-0.25, -0.2) is 0 Å². The van der Waals surface area contributed by atoms with Crippen LogP contribution in [0, 0.1) is 5.92 Å². The maximum absolute atomic E-state index is 12.7. The molecule has 2 aromatic rings. The fourth-order valence-corrected chi connectivity index (χ4v) is 3.70. The average molecular weight is 383 g/mol. The first-order chi connectivity index (χ1) is 13.7. The van der Waals surface area contributed by atoms with Gasteiger partial charge in [0, 0.05) is 32.3 Å². The molecule has 5 heteroatoms. The highest BCUT2D eigenvalue weighted by Gasteiger charge is 2.20. The molecule has 1 fully saturated rings. The number of hydrogen-bond acceptors (Lipinski definition) is 4. The molecule has 1 saturated heterocycles. The van der Waals surface area contributed by atoms with E-state index < -0.39 is 0 Å². The minimum absolute atomic E-state index is 0.00984. The van der Waals surface area contributed by atoms with E-state index in [1.165, 1.54) is 6.42 Å². The summed E-state index contributed by atoms with van der Waals surface area (Å²) in [6.45, 7) is 4.59. The molecule has 0 bridgehead atoms. The molecule has 0 spiro atoms. The van der Waals surface area contributed by atoms with Gasteiger partial charge >= 0.3 is 0 Å². The van der Waals surface area contributed by atoms with Crippen LogP contribution in [-0.2, 0) is 4.74 Å². The molecule has 2 aromatic carbocycles. The Labute approximate surface area is 167 Å². The number of likely N-dealkylation sites (tertiary alicyclic amines) is 1. The molecule has 1 amide bonds. The van der Waals surface area contributed by atoms with Crippen molar-refractivity contribution in [1.29, 1.82) is 0 Å². The minimum Gasteiger partial charge on any atom is -0.497 e. The summed E-state index contributed by atoms with van der Waals surface area (Å²) in [6, 6.07) is 15.6. The van der Waals surface area contributed by atoms with Gasteiger partial charge < -0.3 is 19.7 Å². The normalized spacial score (nSPS) is 17.3. The van der Waals surface area contributed by atoms with Crippen molar-refractivity contribution >= 4 is 5.91 Å². The van der Waals surface area contributed by atoms with Gasteiger partial charge in [-0.1, -0.05) is 24.3 Å². The lowest BCUT2D eigenvalue weighted by Gasteiger charge is -2.32. The van der Waals surface area contributed by atoms with Gasteiger partial charge in [0.05, 0.1) is 13.7 Å². The SMILES string of the molecule is COCCN1CCC[C@@H](CNC(=O)c2cccc(-c3ccc(OC)cc3)c2)C1. The number of amides is 1. The van der Waals surface area contributed by atoms with Crippen molar-refractivity contribution in [2.24, 2.45) is 5.92 Å². The predicted molar refractivity (Wildman–Crippen MR) is 112 cm³/mol. The fraction of sp³-hybridized carbons (Fsp3) is 0.435. The Bertz CT molecular complexity index is 761. The Morgan fingerprint density at radius 2 is 1.96 bits per heavy atom. The molecule has 5 nitrogen and oxygen atoms in total. The molecule has 1 aliphatic heterocycles. The monoisotopic (exact) mass is 382 g/mol. The Balaban J connectivity index is 1.57. The summed E-state index contributed by atoms with van der Waals surface area (Å²) in [5, 5.41) is 3.13. The zero-order valence-electron chi connectivity index (χ0n) is 16.8. The van der Waals surface area contributed by atoms with Crippen molar-refractivity contribution in [1.82, 2.24) is 10.2 Å². The second kappa shape index (κ2) is 10.2. The van der Waals surface area contributed by atoms with Crippen LogP contribution in [-0.4, -0.2) is 57.8 Å². The summed E-state index contributed by atoms with van der Waals surface area (Å²) in [5.74, 6) is 1.31. The quantitative estimate of drug-likeness (QED) is 0.760. The largest absolute Gasteiger partial charge is 0.497 e. The lowest BCUT2D eigenvalue weighted by atomic mass is 9.97. The summed E-state index contributed by atoms with van der Waals surface area (Å²) in [7, 11) is 3.39. The molecule has 0 aliphatic carbocycles. The summed E-state index contributed by atoms with van der Waals surface area (Å²) in [5.41, 5.74) is 2.79. The Morgan fingerprint density at radius 1 is 1.14 bits per heavy atom. The third-order valence-electron chi connectivity index (χ3n) is 5.31. The van der Waals surface area contributed by atoms with Crippen LogP contribution < -0.4 is 10.1 Å². The highest BCUT2D eigenvalue weighted by molar-refractivity contribution is 5.95. The predicted octanol–water partition coefficient (Wildman–Crippen LogP) is 3.45. The highest BCUT2D eigenvalue weighted by Crippen LogP contribution is 2.23. The summed E-state index contributed by atoms with van der Waals surface area (Å²) >= 11 is 0. The molecular formula is C23H30N2O3. The van der Waals surface area contributed by atoms with Crippen LogP contribution in [0.1, 0.15) is 23.2 Å². The summed E-state index contributed by atoms with van der Waals surface area (Å²) in [4.78, 5) is 15.1. The van der Waals surface area contributed by atoms with E-state index in [1.54, 1.807) is 14.2 Å². The first-order valence-electron chi connectivity index (χ1n) is 9.93. The number of carbonyl (C=O) groups excluding carboxylic acids is 1. The number of nitrogens with zero attached hydrogens (tertiary/aromatic N) is 1. The van der Waals surface area contributed by atoms with Gasteiger partial charge in [-0.3, -0.25) is 4.79 Å². The van der Waals surface area contributed by atoms with E-state index in [2.05, 4.69) is 10.2 Å². The van der Waals surface area contributed by atoms with Crippen LogP contribution in [0.15, 0.2) is 48.5 Å². The van der Waals surface area contributed by atoms with Crippen molar-refractivity contribution in [2.75, 3.05) is 47.0 Å². The third kappa shape index (κ3) is 5.57. The van der Waals surface area contributed by atoms with Gasteiger partial charge in [0.1, 0.15) is 5.75 Å². The number of ether oxygens (including phenoxy) is 2. The number of rotatable bonds is 8. The number of benzene rings is 2. The second-order valence-corrected chi connectivity index (χ2v) is 7.32. The van der Waals surface area contributed by atoms with E-state index >= 15 is 0 Å². The van der Waals surface area contributed by atoms with Crippen molar-refractivity contribution in [3.63, 3.8) is 0 Å². The molecular weight excluding hydrogens is 352 g/mol. The van der Waals surface area contributed by atoms with Crippen molar-refractivity contribution in [3.05, 3.63) is 54.1 Å². The maximum Gasteiger partial charge on any atom is 0.251 e. The lowest BCUT2D eigenvalue weighted by molar-refractivity contribution is 0.0913. The Morgan fingerprint density at radius 3 is 2.71 bits per heavy atom. The molecule has 1 atom stereocenters. The molecule has 150 valence electrons. The molecule has 1 N–H and O–H groups in total. The van der Waals surface area contributed by atoms with Crippen LogP contribution in [0.25, 0.3) is 11.1 Å². The van der Waals surface area contributed by atoms with E-state index in [1.807, 2.05) is 48.5 Å². The smallest absolute Gasteiger partial charge is 0.251 e. The van der Waals surface area contributed by atoms with Crippen LogP contribution in [0.3, 0.4) is 0 Å². The average Bonchev–Trinajstić information content (AvgIpc) is 2.76. The van der Waals surface area contributed by atoms with E-state index in [-0.39, 0.29) is 5.91 Å². The third-order valence-corrected chi connectivity index (χ3v) is 5.31. The number of carbonyl (C=O) groups is 1. The molecule has 0 saturated carbocycles. The number of nitrogens with one attached hydrogen (secondary N) is 1. The molecule has 28 heavy (non-hydrogen) atoms. The van der Waals surface area contributed by atoms with Crippen LogP contribution in [0.4, 0.5) is 0 Å². The molecule has 0 aromatic heterocycles. The summed E-state index contributed by atoms with van der Waals surface area (Å²) in [6.07, 6.45) is 2.34. The standard InChI is InChI=1S/C23H30N2O3/c1-27-14-13-25-12-4-5-18(17-25)16-24-23(26)21-7-3-6-20(15-21)19-8-10-22(28-2)11-9-19/h3,6-11,15,18H,4-5,12-14,16-17H2,1-2H3,(H,24,26)/t18-/m0/s1. The number of methoxy groups -OCH3 is 2. The van der Waals surface area contributed by atoms with Gasteiger partial charge in [0.2, 0.25) is 0 Å². The Kier molecular flexibility index (Phi) is 7.46.